The number of aromatic nitrogens is 1. The summed E-state index contributed by atoms with van der Waals surface area (Å²) in [5.41, 5.74) is 0.534. The van der Waals surface area contributed by atoms with E-state index in [1.165, 1.54) is 26.4 Å². The molecule has 0 spiro atoms. The Bertz CT molecular complexity index is 389. The maximum Gasteiger partial charge on any atom is 0.338 e. The van der Waals surface area contributed by atoms with E-state index in [-0.39, 0.29) is 5.97 Å². The molecule has 1 aromatic heterocycles. The number of esters is 1. The number of carbonyl (C=O) groups is 1. The summed E-state index contributed by atoms with van der Waals surface area (Å²) in [6.45, 7) is 0.911. The van der Waals surface area contributed by atoms with Gasteiger partial charge in [0.25, 0.3) is 0 Å². The summed E-state index contributed by atoms with van der Waals surface area (Å²) in [6.07, 6.45) is 6.88. The zero-order valence-electron chi connectivity index (χ0n) is 10.1. The molecule has 92 valence electrons. The van der Waals surface area contributed by atoms with Crippen molar-refractivity contribution >= 4 is 11.8 Å². The summed E-state index contributed by atoms with van der Waals surface area (Å²) in [4.78, 5) is 15.5. The van der Waals surface area contributed by atoms with Crippen molar-refractivity contribution < 1.29 is 9.53 Å². The molecule has 4 nitrogen and oxygen atoms in total. The Labute approximate surface area is 101 Å². The van der Waals surface area contributed by atoms with Gasteiger partial charge < -0.3 is 10.1 Å². The van der Waals surface area contributed by atoms with Crippen molar-refractivity contribution in [3.63, 3.8) is 0 Å². The van der Waals surface area contributed by atoms with Gasteiger partial charge in [-0.15, -0.1) is 0 Å². The van der Waals surface area contributed by atoms with Crippen LogP contribution >= 0.6 is 0 Å². The summed E-state index contributed by atoms with van der Waals surface area (Å²) < 4.78 is 4.66. The van der Waals surface area contributed by atoms with Gasteiger partial charge in [-0.25, -0.2) is 9.78 Å². The number of nitrogens with zero attached hydrogens (tertiary/aromatic N) is 1. The first-order valence-corrected chi connectivity index (χ1v) is 6.08. The minimum absolute atomic E-state index is 0.326. The highest BCUT2D eigenvalue weighted by Crippen LogP contribution is 2.33. The predicted octanol–water partition coefficient (Wildman–Crippen LogP) is 2.47. The fourth-order valence-electron chi connectivity index (χ4n) is 1.79. The topological polar surface area (TPSA) is 51.2 Å². The Hall–Kier alpha value is -1.58. The second-order valence-electron chi connectivity index (χ2n) is 4.43. The van der Waals surface area contributed by atoms with E-state index >= 15 is 0 Å². The van der Waals surface area contributed by atoms with Crippen LogP contribution in [0.2, 0.25) is 0 Å². The molecule has 0 radical (unpaired) electrons. The van der Waals surface area contributed by atoms with Gasteiger partial charge in [-0.2, -0.15) is 0 Å². The van der Waals surface area contributed by atoms with Crippen molar-refractivity contribution in [1.82, 2.24) is 4.98 Å². The lowest BCUT2D eigenvalue weighted by atomic mass is 10.2. The number of hydrogen-bond acceptors (Lipinski definition) is 4. The molecule has 2 rings (SSSR count). The molecule has 0 amide bonds. The lowest BCUT2D eigenvalue weighted by molar-refractivity contribution is 0.0600. The van der Waals surface area contributed by atoms with Crippen LogP contribution in [0.5, 0.6) is 0 Å². The smallest absolute Gasteiger partial charge is 0.338 e. The van der Waals surface area contributed by atoms with Crippen LogP contribution in [0.3, 0.4) is 0 Å². The molecule has 0 unspecified atom stereocenters. The molecular formula is C13H18N2O2. The third-order valence-electron chi connectivity index (χ3n) is 2.97. The normalized spacial score (nSPS) is 14.4. The Balaban J connectivity index is 1.80. The van der Waals surface area contributed by atoms with Gasteiger partial charge in [0.2, 0.25) is 0 Å². The van der Waals surface area contributed by atoms with Crippen LogP contribution in [-0.2, 0) is 4.74 Å². The highest BCUT2D eigenvalue weighted by Gasteiger charge is 2.19. The number of carbonyl (C=O) groups excluding carboxylic acids is 1. The molecule has 0 aromatic carbocycles. The summed E-state index contributed by atoms with van der Waals surface area (Å²) in [5, 5.41) is 3.23. The number of rotatable bonds is 6. The zero-order chi connectivity index (χ0) is 12.1. The van der Waals surface area contributed by atoms with E-state index in [4.69, 9.17) is 0 Å². The van der Waals surface area contributed by atoms with Crippen LogP contribution in [0.1, 0.15) is 36.0 Å². The third-order valence-corrected chi connectivity index (χ3v) is 2.97. The Morgan fingerprint density at radius 1 is 1.59 bits per heavy atom. The first-order valence-electron chi connectivity index (χ1n) is 6.08. The quantitative estimate of drug-likeness (QED) is 0.607. The van der Waals surface area contributed by atoms with Crippen molar-refractivity contribution in [2.24, 2.45) is 5.92 Å². The summed E-state index contributed by atoms with van der Waals surface area (Å²) in [7, 11) is 1.38. The molecule has 0 bridgehead atoms. The van der Waals surface area contributed by atoms with Crippen LogP contribution in [0.15, 0.2) is 18.3 Å². The number of methoxy groups -OCH3 is 1. The fraction of sp³-hybridized carbons (Fsp3) is 0.538. The van der Waals surface area contributed by atoms with Crippen LogP contribution in [0.4, 0.5) is 5.82 Å². The summed E-state index contributed by atoms with van der Waals surface area (Å²) in [5.74, 6) is 1.38. The highest BCUT2D eigenvalue weighted by atomic mass is 16.5. The highest BCUT2D eigenvalue weighted by molar-refractivity contribution is 5.89. The van der Waals surface area contributed by atoms with Crippen molar-refractivity contribution in [3.8, 4) is 0 Å². The van der Waals surface area contributed by atoms with Crippen LogP contribution in [0.25, 0.3) is 0 Å². The lowest BCUT2D eigenvalue weighted by Gasteiger charge is -2.06. The average Bonchev–Trinajstić information content (AvgIpc) is 3.18. The van der Waals surface area contributed by atoms with Crippen molar-refractivity contribution in [2.45, 2.75) is 25.7 Å². The number of anilines is 1. The number of pyridine rings is 1. The fourth-order valence-corrected chi connectivity index (χ4v) is 1.79. The second kappa shape index (κ2) is 5.66. The molecule has 1 saturated carbocycles. The van der Waals surface area contributed by atoms with Crippen molar-refractivity contribution in [3.05, 3.63) is 23.9 Å². The molecule has 1 aliphatic carbocycles. The predicted molar refractivity (Wildman–Crippen MR) is 66.0 cm³/mol. The monoisotopic (exact) mass is 234 g/mol. The lowest BCUT2D eigenvalue weighted by Crippen LogP contribution is -2.06. The Morgan fingerprint density at radius 3 is 3.12 bits per heavy atom. The van der Waals surface area contributed by atoms with E-state index < -0.39 is 0 Å². The Kier molecular flexibility index (Phi) is 3.96. The van der Waals surface area contributed by atoms with Crippen LogP contribution in [-0.4, -0.2) is 24.6 Å². The van der Waals surface area contributed by atoms with Gasteiger partial charge in [0, 0.05) is 12.7 Å². The van der Waals surface area contributed by atoms with Crippen molar-refractivity contribution in [1.29, 1.82) is 0 Å². The molecule has 0 saturated heterocycles. The molecule has 1 aliphatic rings. The summed E-state index contributed by atoms with van der Waals surface area (Å²) >= 11 is 0. The summed E-state index contributed by atoms with van der Waals surface area (Å²) in [6, 6.07) is 3.38. The van der Waals surface area contributed by atoms with Gasteiger partial charge >= 0.3 is 5.97 Å². The van der Waals surface area contributed by atoms with Gasteiger partial charge in [-0.1, -0.05) is 12.8 Å². The molecule has 0 atom stereocenters. The minimum atomic E-state index is -0.326. The molecule has 1 heterocycles. The van der Waals surface area contributed by atoms with Crippen molar-refractivity contribution in [2.75, 3.05) is 19.0 Å². The molecule has 17 heavy (non-hydrogen) atoms. The minimum Gasteiger partial charge on any atom is -0.465 e. The van der Waals surface area contributed by atoms with Crippen LogP contribution in [0, 0.1) is 5.92 Å². The maximum atomic E-state index is 11.3. The van der Waals surface area contributed by atoms with Gasteiger partial charge in [0.15, 0.2) is 0 Å². The van der Waals surface area contributed by atoms with E-state index in [2.05, 4.69) is 15.0 Å². The van der Waals surface area contributed by atoms with Gasteiger partial charge in [0.1, 0.15) is 5.82 Å². The SMILES string of the molecule is COC(=O)c1ccnc(NCCCC2CC2)c1. The number of ether oxygens (including phenoxy) is 1. The molecule has 1 aromatic rings. The zero-order valence-corrected chi connectivity index (χ0v) is 10.1. The van der Waals surface area contributed by atoms with E-state index in [1.807, 2.05) is 0 Å². The Morgan fingerprint density at radius 2 is 2.41 bits per heavy atom. The standard InChI is InChI=1S/C13H18N2O2/c1-17-13(16)11-6-8-15-12(9-11)14-7-2-3-10-4-5-10/h6,8-10H,2-5,7H2,1H3,(H,14,15). The molecule has 1 N–H and O–H groups in total. The first-order chi connectivity index (χ1) is 8.29. The second-order valence-corrected chi connectivity index (χ2v) is 4.43. The molecule has 4 heteroatoms. The first kappa shape index (κ1) is 11.9. The number of nitrogens with one attached hydrogen (secondary N) is 1. The third kappa shape index (κ3) is 3.73. The molecular weight excluding hydrogens is 216 g/mol. The number of hydrogen-bond donors (Lipinski definition) is 1. The van der Waals surface area contributed by atoms with Gasteiger partial charge in [-0.3, -0.25) is 0 Å². The van der Waals surface area contributed by atoms with E-state index in [0.717, 1.165) is 24.7 Å². The molecule has 0 aliphatic heterocycles. The van der Waals surface area contributed by atoms with Crippen LogP contribution < -0.4 is 5.32 Å². The van der Waals surface area contributed by atoms with Gasteiger partial charge in [-0.05, 0) is 30.9 Å². The molecule has 1 fully saturated rings. The van der Waals surface area contributed by atoms with E-state index in [9.17, 15) is 4.79 Å². The van der Waals surface area contributed by atoms with Gasteiger partial charge in [0.05, 0.1) is 12.7 Å². The maximum absolute atomic E-state index is 11.3. The van der Waals surface area contributed by atoms with E-state index in [1.54, 1.807) is 18.3 Å². The average molecular weight is 234 g/mol. The largest absolute Gasteiger partial charge is 0.465 e. The van der Waals surface area contributed by atoms with E-state index in [0.29, 0.717) is 5.56 Å².